The van der Waals surface area contributed by atoms with Gasteiger partial charge in [-0.25, -0.2) is 0 Å². The predicted molar refractivity (Wildman–Crippen MR) is 109 cm³/mol. The van der Waals surface area contributed by atoms with E-state index >= 15 is 0 Å². The maximum absolute atomic E-state index is 12.1. The van der Waals surface area contributed by atoms with Crippen LogP contribution in [0.4, 0.5) is 5.69 Å². The van der Waals surface area contributed by atoms with E-state index in [1.165, 1.54) is 0 Å². The van der Waals surface area contributed by atoms with Crippen molar-refractivity contribution in [2.45, 2.75) is 11.3 Å². The Hall–Kier alpha value is -1.64. The summed E-state index contributed by atoms with van der Waals surface area (Å²) in [6.45, 7) is 0.491. The molecule has 0 unspecified atom stereocenters. The molecule has 0 radical (unpaired) electrons. The van der Waals surface area contributed by atoms with Crippen molar-refractivity contribution in [1.82, 2.24) is 5.32 Å². The van der Waals surface area contributed by atoms with Crippen molar-refractivity contribution in [1.29, 1.82) is 0 Å². The predicted octanol–water partition coefficient (Wildman–Crippen LogP) is 3.96. The minimum absolute atomic E-state index is 0.0958. The number of benzene rings is 2. The number of carbonyl (C=O) groups is 1. The van der Waals surface area contributed by atoms with Crippen LogP contribution in [0.3, 0.4) is 0 Å². The van der Waals surface area contributed by atoms with Gasteiger partial charge in [-0.2, -0.15) is 0 Å². The lowest BCUT2D eigenvalue weighted by Gasteiger charge is -2.07. The largest absolute Gasteiger partial charge is 0.410 e. The number of anilines is 1. The van der Waals surface area contributed by atoms with Crippen LogP contribution in [0.15, 0.2) is 63.1 Å². The fraction of sp³-hybridized carbons (Fsp3) is 0.176. The van der Waals surface area contributed by atoms with E-state index in [1.54, 1.807) is 21.6 Å². The lowest BCUT2D eigenvalue weighted by Crippen LogP contribution is -2.33. The summed E-state index contributed by atoms with van der Waals surface area (Å²) < 4.78 is 0.957. The number of hydrogen-bond donors (Lipinski definition) is 3. The van der Waals surface area contributed by atoms with Crippen molar-refractivity contribution in [2.75, 3.05) is 18.0 Å². The van der Waals surface area contributed by atoms with Gasteiger partial charge in [-0.1, -0.05) is 54.8 Å². The molecule has 2 aromatic carbocycles. The maximum atomic E-state index is 12.1. The summed E-state index contributed by atoms with van der Waals surface area (Å²) in [7, 11) is 3.26. The van der Waals surface area contributed by atoms with Crippen LogP contribution < -0.4 is 11.1 Å². The molecule has 5 nitrogen and oxygen atoms in total. The fourth-order valence-electron chi connectivity index (χ4n) is 1.90. The molecule has 0 aliphatic heterocycles. The van der Waals surface area contributed by atoms with Crippen LogP contribution in [0.1, 0.15) is 5.56 Å². The zero-order valence-corrected chi connectivity index (χ0v) is 16.5. The van der Waals surface area contributed by atoms with E-state index in [4.69, 9.17) is 10.9 Å². The van der Waals surface area contributed by atoms with Crippen molar-refractivity contribution < 1.29 is 10.0 Å². The Labute approximate surface area is 163 Å². The van der Waals surface area contributed by atoms with Crippen LogP contribution in [-0.4, -0.2) is 29.1 Å². The highest BCUT2D eigenvalue weighted by atomic mass is 79.9. The van der Waals surface area contributed by atoms with Crippen LogP contribution in [0.5, 0.6) is 0 Å². The molecule has 0 aliphatic rings. The van der Waals surface area contributed by atoms with Gasteiger partial charge >= 0.3 is 0 Å². The number of halogens is 1. The average Bonchev–Trinajstić information content (AvgIpc) is 2.62. The van der Waals surface area contributed by atoms with Gasteiger partial charge in [0, 0.05) is 33.8 Å². The van der Waals surface area contributed by atoms with E-state index < -0.39 is 0 Å². The van der Waals surface area contributed by atoms with Crippen LogP contribution in [0.25, 0.3) is 0 Å². The summed E-state index contributed by atoms with van der Waals surface area (Å²) >= 11 is 3.36. The lowest BCUT2D eigenvalue weighted by molar-refractivity contribution is -0.114. The third-order valence-corrected chi connectivity index (χ3v) is 6.09. The van der Waals surface area contributed by atoms with E-state index in [2.05, 4.69) is 26.4 Å². The number of rotatable bonds is 8. The van der Waals surface area contributed by atoms with Gasteiger partial charge < -0.3 is 16.3 Å². The molecule has 2 aromatic rings. The number of nitrogens with one attached hydrogen (secondary N) is 1. The monoisotopic (exact) mass is 439 g/mol. The average molecular weight is 440 g/mol. The van der Waals surface area contributed by atoms with Gasteiger partial charge in [0.25, 0.3) is 5.91 Å². The van der Waals surface area contributed by atoms with Crippen molar-refractivity contribution >= 4 is 54.8 Å². The number of nitrogens with two attached hydrogens (primary N) is 1. The molecular weight excluding hydrogens is 422 g/mol. The molecule has 8 heteroatoms. The molecule has 0 saturated heterocycles. The fourth-order valence-corrected chi connectivity index (χ4v) is 4.06. The molecule has 0 aliphatic carbocycles. The molecule has 0 fully saturated rings. The standard InChI is InChI=1S/C17H18BrN3O2S2/c18-13-3-1-12(2-4-13)11-16(21-23)17(22)20-9-10-24-25-15-7-5-14(19)6-8-15/h1-8,23H,9-11,19H2,(H,20,22)/b21-16+. The van der Waals surface area contributed by atoms with Gasteiger partial charge in [0.05, 0.1) is 0 Å². The van der Waals surface area contributed by atoms with Crippen molar-refractivity contribution in [3.05, 3.63) is 58.6 Å². The summed E-state index contributed by atoms with van der Waals surface area (Å²) in [4.78, 5) is 13.2. The highest BCUT2D eigenvalue weighted by Crippen LogP contribution is 2.30. The highest BCUT2D eigenvalue weighted by molar-refractivity contribution is 9.10. The first-order valence-electron chi connectivity index (χ1n) is 7.47. The Kier molecular flexibility index (Phi) is 8.17. The zero-order chi connectivity index (χ0) is 18.1. The van der Waals surface area contributed by atoms with Gasteiger partial charge in [0.2, 0.25) is 0 Å². The molecule has 0 spiro atoms. The van der Waals surface area contributed by atoms with E-state index in [9.17, 15) is 4.79 Å². The third-order valence-electron chi connectivity index (χ3n) is 3.17. The molecule has 132 valence electrons. The Morgan fingerprint density at radius 3 is 2.48 bits per heavy atom. The molecular formula is C17H18BrN3O2S2. The number of amides is 1. The van der Waals surface area contributed by atoms with Gasteiger partial charge in [-0.15, -0.1) is 0 Å². The first-order valence-corrected chi connectivity index (χ1v) is 10.6. The van der Waals surface area contributed by atoms with Crippen LogP contribution >= 0.6 is 37.5 Å². The van der Waals surface area contributed by atoms with E-state index in [0.29, 0.717) is 6.54 Å². The van der Waals surface area contributed by atoms with Crippen molar-refractivity contribution in [3.63, 3.8) is 0 Å². The van der Waals surface area contributed by atoms with Crippen molar-refractivity contribution in [2.24, 2.45) is 5.16 Å². The quantitative estimate of drug-likeness (QED) is 0.144. The molecule has 4 N–H and O–H groups in total. The number of nitrogens with zero attached hydrogens (tertiary/aromatic N) is 1. The second-order valence-electron chi connectivity index (χ2n) is 5.08. The summed E-state index contributed by atoms with van der Waals surface area (Å²) in [5, 5.41) is 15.0. The van der Waals surface area contributed by atoms with E-state index in [0.717, 1.165) is 26.4 Å². The molecule has 0 aromatic heterocycles. The zero-order valence-electron chi connectivity index (χ0n) is 13.3. The van der Waals surface area contributed by atoms with Gasteiger partial charge in [0.1, 0.15) is 5.71 Å². The lowest BCUT2D eigenvalue weighted by atomic mass is 10.1. The molecule has 0 bridgehead atoms. The highest BCUT2D eigenvalue weighted by Gasteiger charge is 2.12. The second-order valence-corrected chi connectivity index (χ2v) is 8.48. The molecule has 25 heavy (non-hydrogen) atoms. The molecule has 0 heterocycles. The Morgan fingerprint density at radius 1 is 1.16 bits per heavy atom. The summed E-state index contributed by atoms with van der Waals surface area (Å²) in [6, 6.07) is 15.2. The van der Waals surface area contributed by atoms with E-state index in [1.807, 2.05) is 48.5 Å². The summed E-state index contributed by atoms with van der Waals surface area (Å²) in [5.41, 5.74) is 7.38. The molecule has 1 amide bonds. The van der Waals surface area contributed by atoms with Gasteiger partial charge in [-0.3, -0.25) is 4.79 Å². The number of hydrogen-bond acceptors (Lipinski definition) is 6. The normalized spacial score (nSPS) is 11.3. The minimum Gasteiger partial charge on any atom is -0.410 e. The van der Waals surface area contributed by atoms with Crippen molar-refractivity contribution in [3.8, 4) is 0 Å². The SMILES string of the molecule is Nc1ccc(SSCCNC(=O)/C(Cc2ccc(Br)cc2)=N/O)cc1. The summed E-state index contributed by atoms with van der Waals surface area (Å²) in [5.74, 6) is 0.376. The number of oxime groups is 1. The molecule has 0 atom stereocenters. The molecule has 0 saturated carbocycles. The third kappa shape index (κ3) is 7.01. The first kappa shape index (κ1) is 19.7. The van der Waals surface area contributed by atoms with E-state index in [-0.39, 0.29) is 18.0 Å². The van der Waals surface area contributed by atoms with Crippen LogP contribution in [0.2, 0.25) is 0 Å². The molecule has 2 rings (SSSR count). The minimum atomic E-state index is -0.358. The van der Waals surface area contributed by atoms with Crippen LogP contribution in [-0.2, 0) is 11.2 Å². The van der Waals surface area contributed by atoms with Crippen LogP contribution in [0, 0.1) is 0 Å². The number of nitrogen functional groups attached to an aromatic ring is 1. The van der Waals surface area contributed by atoms with Gasteiger partial charge in [-0.05, 0) is 42.0 Å². The Morgan fingerprint density at radius 2 is 1.84 bits per heavy atom. The number of carbonyl (C=O) groups excluding carboxylic acids is 1. The van der Waals surface area contributed by atoms with Gasteiger partial charge in [0.15, 0.2) is 0 Å². The Bertz CT molecular complexity index is 722. The summed E-state index contributed by atoms with van der Waals surface area (Å²) in [6.07, 6.45) is 0.281. The maximum Gasteiger partial charge on any atom is 0.269 e. The Balaban J connectivity index is 1.71. The topological polar surface area (TPSA) is 87.7 Å². The first-order chi connectivity index (χ1) is 12.1. The smallest absolute Gasteiger partial charge is 0.269 e. The second kappa shape index (κ2) is 10.4.